The Kier molecular flexibility index (Phi) is 12.2. The molecule has 0 saturated carbocycles. The third-order valence-electron chi connectivity index (χ3n) is 4.81. The van der Waals surface area contributed by atoms with E-state index >= 15 is 0 Å². The molecule has 0 N–H and O–H groups in total. The third-order valence-corrected chi connectivity index (χ3v) is 5.73. The first-order chi connectivity index (χ1) is 14.5. The van der Waals surface area contributed by atoms with Crippen LogP contribution in [-0.2, 0) is 0 Å². The maximum atomic E-state index is 5.86. The minimum atomic E-state index is 0.371. The van der Waals surface area contributed by atoms with Gasteiger partial charge in [-0.3, -0.25) is 0 Å². The van der Waals surface area contributed by atoms with Crippen LogP contribution in [0.1, 0.15) is 81.5 Å². The number of halogens is 3. The molecule has 0 amide bonds. The SMILES string of the molecule is CC(C)c1ccccc1.CC(C)c1cnc(Cl)c(Cl)c1.Cc1ccc(Cl)cc1C(C)C. The van der Waals surface area contributed by atoms with E-state index in [4.69, 9.17) is 34.8 Å². The summed E-state index contributed by atoms with van der Waals surface area (Å²) < 4.78 is 0. The molecular weight excluding hydrogens is 445 g/mol. The third kappa shape index (κ3) is 10.1. The normalized spacial score (nSPS) is 10.5. The molecule has 31 heavy (non-hydrogen) atoms. The molecule has 0 unspecified atom stereocenters. The topological polar surface area (TPSA) is 12.9 Å². The first-order valence-corrected chi connectivity index (χ1v) is 11.8. The van der Waals surface area contributed by atoms with Gasteiger partial charge in [0.25, 0.3) is 0 Å². The minimum absolute atomic E-state index is 0.371. The monoisotopic (exact) mass is 477 g/mol. The van der Waals surface area contributed by atoms with Gasteiger partial charge in [-0.25, -0.2) is 4.98 Å². The number of aromatic nitrogens is 1. The Morgan fingerprint density at radius 2 is 1.26 bits per heavy atom. The fourth-order valence-corrected chi connectivity index (χ4v) is 3.28. The lowest BCUT2D eigenvalue weighted by Gasteiger charge is -2.08. The predicted octanol–water partition coefficient (Wildman–Crippen LogP) is 10.1. The summed E-state index contributed by atoms with van der Waals surface area (Å²) in [5.74, 6) is 1.66. The van der Waals surface area contributed by atoms with E-state index in [0.29, 0.717) is 27.9 Å². The molecule has 4 heteroatoms. The molecule has 2 aromatic carbocycles. The van der Waals surface area contributed by atoms with Gasteiger partial charge in [0, 0.05) is 11.2 Å². The molecule has 1 aromatic heterocycles. The first-order valence-electron chi connectivity index (χ1n) is 10.6. The number of benzene rings is 2. The van der Waals surface area contributed by atoms with Crippen LogP contribution in [-0.4, -0.2) is 4.98 Å². The molecule has 0 spiro atoms. The molecule has 0 saturated heterocycles. The summed E-state index contributed by atoms with van der Waals surface area (Å²) in [6.45, 7) is 15.1. The van der Waals surface area contributed by atoms with Crippen molar-refractivity contribution in [2.24, 2.45) is 0 Å². The highest BCUT2D eigenvalue weighted by Gasteiger charge is 2.03. The van der Waals surface area contributed by atoms with Crippen molar-refractivity contribution in [3.63, 3.8) is 0 Å². The van der Waals surface area contributed by atoms with Gasteiger partial charge in [-0.15, -0.1) is 0 Å². The van der Waals surface area contributed by atoms with Gasteiger partial charge in [0.2, 0.25) is 0 Å². The Morgan fingerprint density at radius 3 is 1.68 bits per heavy atom. The molecule has 0 bridgehead atoms. The lowest BCUT2D eigenvalue weighted by Crippen LogP contribution is -1.90. The molecule has 168 valence electrons. The molecule has 3 aromatic rings. The van der Waals surface area contributed by atoms with Crippen LogP contribution in [0, 0.1) is 6.92 Å². The number of pyridine rings is 1. The number of nitrogens with zero attached hydrogens (tertiary/aromatic N) is 1. The van der Waals surface area contributed by atoms with Crippen LogP contribution in [0.5, 0.6) is 0 Å². The number of aryl methyl sites for hydroxylation is 1. The van der Waals surface area contributed by atoms with E-state index in [1.54, 1.807) is 6.20 Å². The Morgan fingerprint density at radius 1 is 0.677 bits per heavy atom. The van der Waals surface area contributed by atoms with Gasteiger partial charge in [-0.2, -0.15) is 0 Å². The summed E-state index contributed by atoms with van der Waals surface area (Å²) in [5, 5.41) is 1.73. The van der Waals surface area contributed by atoms with E-state index in [-0.39, 0.29) is 0 Å². The Bertz CT molecular complexity index is 919. The Labute approximate surface area is 203 Å². The number of rotatable bonds is 3. The van der Waals surface area contributed by atoms with Gasteiger partial charge in [-0.1, -0.05) is 113 Å². The summed E-state index contributed by atoms with van der Waals surface area (Å²) in [6, 6.07) is 18.4. The standard InChI is InChI=1S/C10H13Cl.C9H12.C8H9Cl2N/c1-7(2)10-6-9(11)5-4-8(10)3;1-8(2)9-6-4-3-5-7-9;1-5(2)6-3-7(9)8(10)11-4-6/h4-7H,1-3H3;3-8H,1-2H3;3-5H,1-2H3. The Balaban J connectivity index is 0.000000234. The highest BCUT2D eigenvalue weighted by molar-refractivity contribution is 6.41. The van der Waals surface area contributed by atoms with Crippen LogP contribution in [0.3, 0.4) is 0 Å². The number of hydrogen-bond acceptors (Lipinski definition) is 1. The molecule has 0 radical (unpaired) electrons. The van der Waals surface area contributed by atoms with Gasteiger partial charge in [0.15, 0.2) is 0 Å². The van der Waals surface area contributed by atoms with E-state index in [1.165, 1.54) is 16.7 Å². The molecule has 0 aliphatic carbocycles. The zero-order chi connectivity index (χ0) is 23.6. The average molecular weight is 479 g/mol. The average Bonchev–Trinajstić information content (AvgIpc) is 2.73. The molecule has 0 aliphatic rings. The summed E-state index contributed by atoms with van der Waals surface area (Å²) in [5.41, 5.74) is 5.19. The predicted molar refractivity (Wildman–Crippen MR) is 139 cm³/mol. The quantitative estimate of drug-likeness (QED) is 0.341. The summed E-state index contributed by atoms with van der Waals surface area (Å²) >= 11 is 17.3. The maximum absolute atomic E-state index is 5.86. The lowest BCUT2D eigenvalue weighted by atomic mass is 9.98. The molecule has 0 atom stereocenters. The van der Waals surface area contributed by atoms with E-state index in [9.17, 15) is 0 Å². The maximum Gasteiger partial charge on any atom is 0.147 e. The second-order valence-electron chi connectivity index (χ2n) is 8.42. The van der Waals surface area contributed by atoms with Gasteiger partial charge in [0.1, 0.15) is 5.15 Å². The molecule has 1 nitrogen and oxygen atoms in total. The van der Waals surface area contributed by atoms with Crippen molar-refractivity contribution in [1.29, 1.82) is 0 Å². The second kappa shape index (κ2) is 13.8. The lowest BCUT2D eigenvalue weighted by molar-refractivity contribution is 0.856. The van der Waals surface area contributed by atoms with E-state index in [1.807, 2.05) is 24.3 Å². The molecule has 3 rings (SSSR count). The highest BCUT2D eigenvalue weighted by Crippen LogP contribution is 2.24. The zero-order valence-corrected chi connectivity index (χ0v) is 21.9. The van der Waals surface area contributed by atoms with E-state index in [2.05, 4.69) is 83.8 Å². The van der Waals surface area contributed by atoms with Crippen molar-refractivity contribution < 1.29 is 0 Å². The Hall–Kier alpha value is -1.54. The van der Waals surface area contributed by atoms with Crippen molar-refractivity contribution in [3.05, 3.63) is 98.2 Å². The largest absolute Gasteiger partial charge is 0.243 e. The molecular formula is C27H34Cl3N. The summed E-state index contributed by atoms with van der Waals surface area (Å²) in [6.07, 6.45) is 1.75. The fraction of sp³-hybridized carbons (Fsp3) is 0.370. The smallest absolute Gasteiger partial charge is 0.147 e. The van der Waals surface area contributed by atoms with Crippen LogP contribution >= 0.6 is 34.8 Å². The van der Waals surface area contributed by atoms with Crippen molar-refractivity contribution in [3.8, 4) is 0 Å². The van der Waals surface area contributed by atoms with Crippen LogP contribution in [0.15, 0.2) is 60.8 Å². The van der Waals surface area contributed by atoms with E-state index < -0.39 is 0 Å². The molecule has 1 heterocycles. The van der Waals surface area contributed by atoms with Crippen molar-refractivity contribution in [2.75, 3.05) is 0 Å². The minimum Gasteiger partial charge on any atom is -0.243 e. The van der Waals surface area contributed by atoms with E-state index in [0.717, 1.165) is 10.6 Å². The van der Waals surface area contributed by atoms with Crippen LogP contribution in [0.25, 0.3) is 0 Å². The summed E-state index contributed by atoms with van der Waals surface area (Å²) in [7, 11) is 0. The van der Waals surface area contributed by atoms with Gasteiger partial charge < -0.3 is 0 Å². The fourth-order valence-electron chi connectivity index (χ4n) is 2.82. The van der Waals surface area contributed by atoms with Crippen LogP contribution in [0.4, 0.5) is 0 Å². The van der Waals surface area contributed by atoms with Crippen molar-refractivity contribution in [2.45, 2.75) is 66.2 Å². The molecule has 0 aliphatic heterocycles. The number of hydrogen-bond donors (Lipinski definition) is 0. The van der Waals surface area contributed by atoms with Gasteiger partial charge in [0.05, 0.1) is 5.02 Å². The highest BCUT2D eigenvalue weighted by atomic mass is 35.5. The van der Waals surface area contributed by atoms with Gasteiger partial charge in [-0.05, 0) is 65.1 Å². The van der Waals surface area contributed by atoms with Crippen LogP contribution < -0.4 is 0 Å². The van der Waals surface area contributed by atoms with Crippen molar-refractivity contribution >= 4 is 34.8 Å². The molecule has 0 fully saturated rings. The second-order valence-corrected chi connectivity index (χ2v) is 9.62. The first kappa shape index (κ1) is 27.5. The van der Waals surface area contributed by atoms with Gasteiger partial charge >= 0.3 is 0 Å². The summed E-state index contributed by atoms with van der Waals surface area (Å²) in [4.78, 5) is 3.93. The zero-order valence-electron chi connectivity index (χ0n) is 19.6. The van der Waals surface area contributed by atoms with Crippen molar-refractivity contribution in [1.82, 2.24) is 4.98 Å². The van der Waals surface area contributed by atoms with Crippen LogP contribution in [0.2, 0.25) is 15.2 Å².